The summed E-state index contributed by atoms with van der Waals surface area (Å²) in [6.45, 7) is 5.53. The van der Waals surface area contributed by atoms with E-state index in [1.807, 2.05) is 19.1 Å². The van der Waals surface area contributed by atoms with Gasteiger partial charge >= 0.3 is 5.69 Å². The largest absolute Gasteiger partial charge is 0.496 e. The quantitative estimate of drug-likeness (QED) is 0.794. The van der Waals surface area contributed by atoms with E-state index in [1.54, 1.807) is 18.7 Å². The van der Waals surface area contributed by atoms with Gasteiger partial charge in [0.05, 0.1) is 7.11 Å². The Kier molecular flexibility index (Phi) is 4.82. The lowest BCUT2D eigenvalue weighted by atomic mass is 9.96. The number of methoxy groups -OCH3 is 1. The molecular formula is C19H26N4O4. The summed E-state index contributed by atoms with van der Waals surface area (Å²) in [5.41, 5.74) is 1.04. The highest BCUT2D eigenvalue weighted by molar-refractivity contribution is 5.51. The summed E-state index contributed by atoms with van der Waals surface area (Å²) < 4.78 is 19.7. The minimum Gasteiger partial charge on any atom is -0.496 e. The predicted molar refractivity (Wildman–Crippen MR) is 99.5 cm³/mol. The van der Waals surface area contributed by atoms with Gasteiger partial charge in [-0.3, -0.25) is 9.47 Å². The van der Waals surface area contributed by atoms with Gasteiger partial charge in [0.15, 0.2) is 11.5 Å². The van der Waals surface area contributed by atoms with Gasteiger partial charge in [0.1, 0.15) is 11.6 Å². The number of rotatable bonds is 5. The van der Waals surface area contributed by atoms with E-state index in [-0.39, 0.29) is 18.4 Å². The fraction of sp³-hybridized carbons (Fsp3) is 0.579. The standard InChI is InChI=1S/C19H26N4O4/c1-4-23-18(20-21(2)19(23)24)13-6-5-7-22(10-13)11-14-8-16-17(27-12-26-16)9-15(14)25-3/h8-9,13H,4-7,10-12H2,1-3H3/t13-/m0/s1. The third kappa shape index (κ3) is 3.29. The number of benzene rings is 1. The molecular weight excluding hydrogens is 348 g/mol. The Bertz CT molecular complexity index is 889. The van der Waals surface area contributed by atoms with E-state index < -0.39 is 0 Å². The maximum absolute atomic E-state index is 12.2. The van der Waals surface area contributed by atoms with E-state index in [0.29, 0.717) is 6.54 Å². The van der Waals surface area contributed by atoms with Crippen LogP contribution in [0.3, 0.4) is 0 Å². The molecule has 1 aromatic carbocycles. The highest BCUT2D eigenvalue weighted by Gasteiger charge is 2.28. The summed E-state index contributed by atoms with van der Waals surface area (Å²) in [5.74, 6) is 3.46. The summed E-state index contributed by atoms with van der Waals surface area (Å²) >= 11 is 0. The Morgan fingerprint density at radius 2 is 2.07 bits per heavy atom. The van der Waals surface area contributed by atoms with Gasteiger partial charge in [-0.1, -0.05) is 0 Å². The Hall–Kier alpha value is -2.48. The Morgan fingerprint density at radius 1 is 1.30 bits per heavy atom. The van der Waals surface area contributed by atoms with Crippen molar-refractivity contribution in [1.29, 1.82) is 0 Å². The van der Waals surface area contributed by atoms with Crippen molar-refractivity contribution in [3.8, 4) is 17.2 Å². The third-order valence-corrected chi connectivity index (χ3v) is 5.39. The molecule has 1 saturated heterocycles. The van der Waals surface area contributed by atoms with E-state index in [4.69, 9.17) is 14.2 Å². The highest BCUT2D eigenvalue weighted by atomic mass is 16.7. The number of fused-ring (bicyclic) bond motifs is 1. The molecule has 146 valence electrons. The highest BCUT2D eigenvalue weighted by Crippen LogP contribution is 2.39. The topological polar surface area (TPSA) is 70.8 Å². The maximum Gasteiger partial charge on any atom is 0.345 e. The van der Waals surface area contributed by atoms with Crippen LogP contribution in [0.25, 0.3) is 0 Å². The van der Waals surface area contributed by atoms with Crippen molar-refractivity contribution in [3.05, 3.63) is 34.0 Å². The first-order valence-electron chi connectivity index (χ1n) is 9.43. The van der Waals surface area contributed by atoms with Crippen molar-refractivity contribution in [1.82, 2.24) is 19.2 Å². The van der Waals surface area contributed by atoms with Gasteiger partial charge in [-0.05, 0) is 32.4 Å². The van der Waals surface area contributed by atoms with Crippen LogP contribution in [0.5, 0.6) is 17.2 Å². The van der Waals surface area contributed by atoms with Crippen LogP contribution in [0.4, 0.5) is 0 Å². The number of nitrogens with zero attached hydrogens (tertiary/aromatic N) is 4. The van der Waals surface area contributed by atoms with Crippen molar-refractivity contribution in [3.63, 3.8) is 0 Å². The molecule has 0 bridgehead atoms. The molecule has 1 aromatic heterocycles. The van der Waals surface area contributed by atoms with Crippen LogP contribution >= 0.6 is 0 Å². The zero-order valence-electron chi connectivity index (χ0n) is 16.1. The molecule has 0 aliphatic carbocycles. The lowest BCUT2D eigenvalue weighted by molar-refractivity contribution is 0.173. The van der Waals surface area contributed by atoms with Crippen molar-refractivity contribution in [2.45, 2.75) is 38.8 Å². The molecule has 0 unspecified atom stereocenters. The zero-order chi connectivity index (χ0) is 19.0. The van der Waals surface area contributed by atoms with Gasteiger partial charge in [0, 0.05) is 44.2 Å². The normalized spacial score (nSPS) is 19.4. The monoisotopic (exact) mass is 374 g/mol. The first-order valence-corrected chi connectivity index (χ1v) is 9.43. The fourth-order valence-electron chi connectivity index (χ4n) is 4.05. The molecule has 0 N–H and O–H groups in total. The van der Waals surface area contributed by atoms with Crippen molar-refractivity contribution >= 4 is 0 Å². The number of hydrogen-bond acceptors (Lipinski definition) is 6. The second-order valence-electron chi connectivity index (χ2n) is 7.10. The molecule has 8 nitrogen and oxygen atoms in total. The molecule has 0 saturated carbocycles. The molecule has 8 heteroatoms. The first-order chi connectivity index (χ1) is 13.1. The minimum atomic E-state index is -0.0398. The summed E-state index contributed by atoms with van der Waals surface area (Å²) in [5, 5.41) is 4.51. The van der Waals surface area contributed by atoms with Gasteiger partial charge in [0.25, 0.3) is 0 Å². The van der Waals surface area contributed by atoms with Crippen molar-refractivity contribution in [2.75, 3.05) is 27.0 Å². The number of aryl methyl sites for hydroxylation is 1. The van der Waals surface area contributed by atoms with Crippen molar-refractivity contribution in [2.24, 2.45) is 7.05 Å². The average molecular weight is 374 g/mol. The second kappa shape index (κ2) is 7.26. The van der Waals surface area contributed by atoms with Crippen LogP contribution in [-0.4, -0.2) is 46.2 Å². The third-order valence-electron chi connectivity index (χ3n) is 5.39. The first kappa shape index (κ1) is 17.9. The summed E-state index contributed by atoms with van der Waals surface area (Å²) in [4.78, 5) is 14.6. The van der Waals surface area contributed by atoms with E-state index in [1.165, 1.54) is 4.68 Å². The number of hydrogen-bond donors (Lipinski definition) is 0. The molecule has 2 aliphatic heterocycles. The molecule has 2 aromatic rings. The molecule has 1 fully saturated rings. The molecule has 0 spiro atoms. The smallest absolute Gasteiger partial charge is 0.345 e. The lowest BCUT2D eigenvalue weighted by Gasteiger charge is -2.32. The molecule has 0 amide bonds. The Balaban J connectivity index is 1.55. The molecule has 2 aliphatic rings. The average Bonchev–Trinajstić information content (AvgIpc) is 3.25. The van der Waals surface area contributed by atoms with E-state index in [0.717, 1.165) is 61.1 Å². The number of piperidine rings is 1. The van der Waals surface area contributed by atoms with Gasteiger partial charge < -0.3 is 14.2 Å². The van der Waals surface area contributed by atoms with Crippen LogP contribution in [0.1, 0.15) is 37.1 Å². The lowest BCUT2D eigenvalue weighted by Crippen LogP contribution is -2.35. The van der Waals surface area contributed by atoms with Gasteiger partial charge in [-0.15, -0.1) is 0 Å². The number of likely N-dealkylation sites (tertiary alicyclic amines) is 1. The van der Waals surface area contributed by atoms with Crippen LogP contribution < -0.4 is 19.9 Å². The van der Waals surface area contributed by atoms with E-state index in [9.17, 15) is 4.79 Å². The van der Waals surface area contributed by atoms with Crippen LogP contribution in [-0.2, 0) is 20.1 Å². The van der Waals surface area contributed by atoms with E-state index >= 15 is 0 Å². The second-order valence-corrected chi connectivity index (χ2v) is 7.10. The molecule has 3 heterocycles. The number of ether oxygens (including phenoxy) is 3. The molecule has 4 rings (SSSR count). The summed E-state index contributed by atoms with van der Waals surface area (Å²) in [6.07, 6.45) is 2.12. The number of aromatic nitrogens is 3. The Morgan fingerprint density at radius 3 is 2.81 bits per heavy atom. The van der Waals surface area contributed by atoms with Gasteiger partial charge in [-0.2, -0.15) is 5.10 Å². The van der Waals surface area contributed by atoms with Crippen LogP contribution in [0.2, 0.25) is 0 Å². The Labute approximate surface area is 158 Å². The fourth-order valence-corrected chi connectivity index (χ4v) is 4.05. The molecule has 1 atom stereocenters. The summed E-state index contributed by atoms with van der Waals surface area (Å²) in [7, 11) is 3.39. The van der Waals surface area contributed by atoms with Crippen molar-refractivity contribution < 1.29 is 14.2 Å². The van der Waals surface area contributed by atoms with Crippen LogP contribution in [0.15, 0.2) is 16.9 Å². The molecule has 0 radical (unpaired) electrons. The zero-order valence-corrected chi connectivity index (χ0v) is 16.1. The maximum atomic E-state index is 12.2. The summed E-state index contributed by atoms with van der Waals surface area (Å²) in [6, 6.07) is 3.90. The van der Waals surface area contributed by atoms with Crippen LogP contribution in [0, 0.1) is 0 Å². The molecule has 27 heavy (non-hydrogen) atoms. The predicted octanol–water partition coefficient (Wildman–Crippen LogP) is 1.72. The SMILES string of the molecule is CCn1c([C@H]2CCCN(Cc3cc4c(cc3OC)OCO4)C2)nn(C)c1=O. The van der Waals surface area contributed by atoms with Gasteiger partial charge in [0.2, 0.25) is 6.79 Å². The van der Waals surface area contributed by atoms with Gasteiger partial charge in [-0.25, -0.2) is 9.48 Å². The van der Waals surface area contributed by atoms with E-state index in [2.05, 4.69) is 10.00 Å². The minimum absolute atomic E-state index is 0.0398.